The van der Waals surface area contributed by atoms with Crippen molar-refractivity contribution in [3.05, 3.63) is 41.6 Å². The van der Waals surface area contributed by atoms with E-state index in [0.717, 1.165) is 0 Å². The minimum atomic E-state index is -1.23. The van der Waals surface area contributed by atoms with Crippen LogP contribution in [0.3, 0.4) is 0 Å². The predicted octanol–water partition coefficient (Wildman–Crippen LogP) is -0.577. The summed E-state index contributed by atoms with van der Waals surface area (Å²) in [6.45, 7) is 0.421. The van der Waals surface area contributed by atoms with E-state index in [1.54, 1.807) is 6.07 Å². The summed E-state index contributed by atoms with van der Waals surface area (Å²) >= 11 is 0. The van der Waals surface area contributed by atoms with Gasteiger partial charge in [0.1, 0.15) is 0 Å². The van der Waals surface area contributed by atoms with Crippen molar-refractivity contribution in [2.45, 2.75) is 12.5 Å². The van der Waals surface area contributed by atoms with Gasteiger partial charge in [0.2, 0.25) is 0 Å². The number of ether oxygens (including phenoxy) is 1. The second kappa shape index (κ2) is 9.01. The van der Waals surface area contributed by atoms with Crippen LogP contribution in [-0.4, -0.2) is 67.2 Å². The molecule has 0 aliphatic carbocycles. The second-order valence-corrected chi connectivity index (χ2v) is 7.09. The number of likely N-dealkylation sites (N-methyl/N-ethyl adjacent to an activating group) is 1. The summed E-state index contributed by atoms with van der Waals surface area (Å²) in [5.74, 6) is 4.17. The summed E-state index contributed by atoms with van der Waals surface area (Å²) in [6.07, 6.45) is 2.72. The minimum absolute atomic E-state index is 0.0417. The molecule has 0 saturated heterocycles. The van der Waals surface area contributed by atoms with E-state index in [1.165, 1.54) is 25.6 Å². The van der Waals surface area contributed by atoms with Gasteiger partial charge >= 0.3 is 6.01 Å². The van der Waals surface area contributed by atoms with Gasteiger partial charge in [-0.3, -0.25) is 4.79 Å². The third-order valence-electron chi connectivity index (χ3n) is 3.49. The zero-order chi connectivity index (χ0) is 20.7. The molecule has 2 rings (SSSR count). The lowest BCUT2D eigenvalue weighted by molar-refractivity contribution is -0.871. The van der Waals surface area contributed by atoms with Gasteiger partial charge in [-0.25, -0.2) is 9.97 Å². The monoisotopic (exact) mass is 386 g/mol. The first-order valence-corrected chi connectivity index (χ1v) is 8.45. The molecular weight excluding hydrogens is 364 g/mol. The Morgan fingerprint density at radius 1 is 1.25 bits per heavy atom. The van der Waals surface area contributed by atoms with E-state index in [2.05, 4.69) is 27.1 Å². The van der Waals surface area contributed by atoms with Crippen LogP contribution in [0.4, 0.5) is 0 Å². The summed E-state index contributed by atoms with van der Waals surface area (Å²) in [5.41, 5.74) is 0.556. The fourth-order valence-corrected chi connectivity index (χ4v) is 2.43. The molecule has 9 heteroatoms. The van der Waals surface area contributed by atoms with Crippen molar-refractivity contribution < 1.29 is 28.3 Å². The van der Waals surface area contributed by atoms with E-state index in [-0.39, 0.29) is 24.0 Å². The molecule has 0 aromatic carbocycles. The van der Waals surface area contributed by atoms with Crippen LogP contribution in [0.25, 0.3) is 0 Å². The molecule has 0 aliphatic heterocycles. The van der Waals surface area contributed by atoms with Crippen LogP contribution in [0.15, 0.2) is 28.9 Å². The van der Waals surface area contributed by atoms with Crippen LogP contribution in [0, 0.1) is 11.8 Å². The highest BCUT2D eigenvalue weighted by Crippen LogP contribution is 2.09. The molecule has 148 valence electrons. The number of amides is 1. The summed E-state index contributed by atoms with van der Waals surface area (Å²) < 4.78 is 10.8. The van der Waals surface area contributed by atoms with Crippen LogP contribution in [0.5, 0.6) is 6.01 Å². The van der Waals surface area contributed by atoms with Gasteiger partial charge in [-0.15, -0.1) is 0 Å². The summed E-state index contributed by atoms with van der Waals surface area (Å²) in [6, 6.07) is 2.68. The maximum absolute atomic E-state index is 12.4. The number of carboxylic acid groups (broad SMARTS) is 1. The van der Waals surface area contributed by atoms with E-state index >= 15 is 0 Å². The normalized spacial score (nSPS) is 11.9. The zero-order valence-electron chi connectivity index (χ0n) is 16.2. The van der Waals surface area contributed by atoms with Crippen LogP contribution >= 0.6 is 0 Å². The maximum Gasteiger partial charge on any atom is 0.316 e. The summed E-state index contributed by atoms with van der Waals surface area (Å²) in [5, 5.41) is 13.6. The number of nitrogens with one attached hydrogen (secondary N) is 1. The molecule has 28 heavy (non-hydrogen) atoms. The Morgan fingerprint density at radius 3 is 2.50 bits per heavy atom. The smallest absolute Gasteiger partial charge is 0.316 e. The van der Waals surface area contributed by atoms with Crippen LogP contribution in [0.1, 0.15) is 28.3 Å². The van der Waals surface area contributed by atoms with Crippen molar-refractivity contribution in [3.63, 3.8) is 0 Å². The molecule has 0 fully saturated rings. The van der Waals surface area contributed by atoms with Crippen molar-refractivity contribution in [1.82, 2.24) is 15.3 Å². The maximum atomic E-state index is 12.4. The van der Waals surface area contributed by atoms with Crippen molar-refractivity contribution in [2.24, 2.45) is 0 Å². The SMILES string of the molecule is COc1ncc(C#Cc2ccc(C(=O)N[C@H](CC(=O)[O-])C[N+](C)(C)C)o2)cn1. The number of aliphatic carboxylic acids is 1. The minimum Gasteiger partial charge on any atom is -0.550 e. The molecule has 2 heterocycles. The van der Waals surface area contributed by atoms with Gasteiger partial charge in [-0.2, -0.15) is 0 Å². The van der Waals surface area contributed by atoms with Crippen molar-refractivity contribution >= 4 is 11.9 Å². The van der Waals surface area contributed by atoms with Crippen molar-refractivity contribution in [1.29, 1.82) is 0 Å². The number of carbonyl (C=O) groups excluding carboxylic acids is 2. The van der Waals surface area contributed by atoms with Crippen LogP contribution in [-0.2, 0) is 4.79 Å². The number of carboxylic acids is 1. The molecule has 9 nitrogen and oxygen atoms in total. The molecule has 0 bridgehead atoms. The average Bonchev–Trinajstić information content (AvgIpc) is 3.07. The number of hydrogen-bond donors (Lipinski definition) is 1. The quantitative estimate of drug-likeness (QED) is 0.500. The molecule has 0 unspecified atom stereocenters. The van der Waals surface area contributed by atoms with Crippen LogP contribution in [0.2, 0.25) is 0 Å². The highest BCUT2D eigenvalue weighted by atomic mass is 16.5. The number of hydrogen-bond acceptors (Lipinski definition) is 7. The predicted molar refractivity (Wildman–Crippen MR) is 97.0 cm³/mol. The van der Waals surface area contributed by atoms with E-state index in [9.17, 15) is 14.7 Å². The Morgan fingerprint density at radius 2 is 1.93 bits per heavy atom. The standard InChI is InChI=1S/C19H22N4O5/c1-23(2,3)12-14(9-17(24)25)22-18(26)16-8-7-15(28-16)6-5-13-10-20-19(27-4)21-11-13/h7-8,10-11,14H,9,12H2,1-4H3,(H-,22,24,25,26)/t14-/m1/s1. The molecule has 2 aromatic rings. The van der Waals surface area contributed by atoms with Gasteiger partial charge in [0.05, 0.1) is 46.4 Å². The Kier molecular flexibility index (Phi) is 6.74. The fraction of sp³-hybridized carbons (Fsp3) is 0.368. The number of quaternary nitrogens is 1. The summed E-state index contributed by atoms with van der Waals surface area (Å²) in [4.78, 5) is 31.2. The van der Waals surface area contributed by atoms with E-state index < -0.39 is 17.9 Å². The first kappa shape index (κ1) is 20.9. The Balaban J connectivity index is 2.06. The Hall–Kier alpha value is -3.38. The Bertz CT molecular complexity index is 888. The first-order valence-electron chi connectivity index (χ1n) is 8.45. The number of nitrogens with zero attached hydrogens (tertiary/aromatic N) is 3. The van der Waals surface area contributed by atoms with Gasteiger partial charge in [0.25, 0.3) is 5.91 Å². The van der Waals surface area contributed by atoms with E-state index in [4.69, 9.17) is 9.15 Å². The van der Waals surface area contributed by atoms with Crippen molar-refractivity contribution in [3.8, 4) is 17.9 Å². The average molecular weight is 386 g/mol. The highest BCUT2D eigenvalue weighted by Gasteiger charge is 2.22. The zero-order valence-corrected chi connectivity index (χ0v) is 16.2. The fourth-order valence-electron chi connectivity index (χ4n) is 2.43. The van der Waals surface area contributed by atoms with Gasteiger partial charge < -0.3 is 28.9 Å². The van der Waals surface area contributed by atoms with E-state index in [0.29, 0.717) is 16.6 Å². The number of rotatable bonds is 7. The third-order valence-corrected chi connectivity index (χ3v) is 3.49. The number of methoxy groups -OCH3 is 1. The molecule has 1 amide bonds. The lowest BCUT2D eigenvalue weighted by Gasteiger charge is -2.29. The molecular formula is C19H22N4O5. The molecule has 0 radical (unpaired) electrons. The number of carbonyl (C=O) groups is 2. The molecule has 2 aromatic heterocycles. The molecule has 0 spiro atoms. The van der Waals surface area contributed by atoms with Gasteiger partial charge in [0.15, 0.2) is 11.5 Å². The Labute approximate surface area is 162 Å². The molecule has 1 atom stereocenters. The summed E-state index contributed by atoms with van der Waals surface area (Å²) in [7, 11) is 7.17. The third kappa shape index (κ3) is 6.74. The highest BCUT2D eigenvalue weighted by molar-refractivity contribution is 5.92. The lowest BCUT2D eigenvalue weighted by atomic mass is 10.2. The van der Waals surface area contributed by atoms with Gasteiger partial charge in [-0.05, 0) is 18.1 Å². The van der Waals surface area contributed by atoms with Crippen LogP contribution < -0.4 is 15.2 Å². The molecule has 0 aliphatic rings. The lowest BCUT2D eigenvalue weighted by Crippen LogP contribution is -2.50. The van der Waals surface area contributed by atoms with E-state index in [1.807, 2.05) is 21.1 Å². The number of furan rings is 1. The van der Waals surface area contributed by atoms with Gasteiger partial charge in [0, 0.05) is 24.8 Å². The van der Waals surface area contributed by atoms with Crippen molar-refractivity contribution in [2.75, 3.05) is 34.8 Å². The first-order chi connectivity index (χ1) is 13.2. The number of aromatic nitrogens is 2. The van der Waals surface area contributed by atoms with Gasteiger partial charge in [-0.1, -0.05) is 5.92 Å². The largest absolute Gasteiger partial charge is 0.550 e. The molecule has 0 saturated carbocycles. The second-order valence-electron chi connectivity index (χ2n) is 7.09. The topological polar surface area (TPSA) is 117 Å². The molecule has 1 N–H and O–H groups in total.